The molecule has 0 bridgehead atoms. The molecule has 1 aliphatic heterocycles. The van der Waals surface area contributed by atoms with Gasteiger partial charge < -0.3 is 14.4 Å². The maximum Gasteiger partial charge on any atom is 0.438 e. The number of aromatic nitrogens is 3. The van der Waals surface area contributed by atoms with E-state index < -0.39 is 17.3 Å². The molecule has 2 aliphatic rings. The van der Waals surface area contributed by atoms with Gasteiger partial charge >= 0.3 is 11.7 Å². The number of aromatic amines is 1. The van der Waals surface area contributed by atoms with Crippen molar-refractivity contribution in [1.82, 2.24) is 14.7 Å². The third kappa shape index (κ3) is 3.01. The average Bonchev–Trinajstić information content (AvgIpc) is 3.03. The zero-order valence-corrected chi connectivity index (χ0v) is 18.7. The second-order valence-electron chi connectivity index (χ2n) is 9.53. The third-order valence-electron chi connectivity index (χ3n) is 6.84. The van der Waals surface area contributed by atoms with Crippen LogP contribution < -0.4 is 5.76 Å². The first-order chi connectivity index (χ1) is 14.6. The molecule has 9 heteroatoms. The highest BCUT2D eigenvalue weighted by molar-refractivity contribution is 6.16. The molecular weight excluding hydrogens is 414 g/mol. The highest BCUT2D eigenvalue weighted by atomic mass is 28.1. The van der Waals surface area contributed by atoms with E-state index in [1.54, 1.807) is 10.6 Å². The number of rotatable bonds is 4. The van der Waals surface area contributed by atoms with Crippen molar-refractivity contribution in [3.8, 4) is 0 Å². The number of benzene rings is 1. The summed E-state index contributed by atoms with van der Waals surface area (Å²) >= 11 is 0. The highest BCUT2D eigenvalue weighted by Crippen LogP contribution is 2.55. The molecule has 0 amide bonds. The first kappa shape index (κ1) is 20.3. The van der Waals surface area contributed by atoms with Crippen LogP contribution in [0.25, 0.3) is 10.9 Å². The zero-order valence-electron chi connectivity index (χ0n) is 17.7. The number of hydrogen-bond donors (Lipinski definition) is 2. The van der Waals surface area contributed by atoms with Crippen LogP contribution in [0.1, 0.15) is 61.9 Å². The van der Waals surface area contributed by atoms with Gasteiger partial charge in [0.05, 0.1) is 5.60 Å². The number of fused-ring (bicyclic) bond motifs is 1. The Morgan fingerprint density at radius 3 is 2.68 bits per heavy atom. The smallest absolute Gasteiger partial charge is 0.438 e. The number of ether oxygens (including phenoxy) is 1. The van der Waals surface area contributed by atoms with Gasteiger partial charge in [0.1, 0.15) is 11.2 Å². The maximum atomic E-state index is 12.2. The monoisotopic (exact) mass is 438 g/mol. The van der Waals surface area contributed by atoms with Crippen LogP contribution in [0.15, 0.2) is 33.6 Å². The van der Waals surface area contributed by atoms with Crippen LogP contribution in [0.4, 0.5) is 0 Å². The summed E-state index contributed by atoms with van der Waals surface area (Å²) in [6.07, 6.45) is 2.29. The van der Waals surface area contributed by atoms with Crippen molar-refractivity contribution in [2.24, 2.45) is 5.92 Å². The third-order valence-corrected chi connectivity index (χ3v) is 7.56. The van der Waals surface area contributed by atoms with Crippen molar-refractivity contribution < 1.29 is 19.2 Å². The Labute approximate surface area is 182 Å². The number of H-pyrrole nitrogens is 1. The minimum atomic E-state index is -1.03. The van der Waals surface area contributed by atoms with Crippen molar-refractivity contribution in [3.05, 3.63) is 51.9 Å². The Balaban J connectivity index is 1.68. The molecule has 0 spiro atoms. The summed E-state index contributed by atoms with van der Waals surface area (Å²) in [7, 11) is 4.02. The summed E-state index contributed by atoms with van der Waals surface area (Å²) < 4.78 is 12.4. The normalized spacial score (nSPS) is 29.9. The topological polar surface area (TPSA) is 110 Å². The minimum absolute atomic E-state index is 0.0973. The van der Waals surface area contributed by atoms with Crippen molar-refractivity contribution in [2.45, 2.75) is 56.2 Å². The molecule has 31 heavy (non-hydrogen) atoms. The van der Waals surface area contributed by atoms with Crippen molar-refractivity contribution in [1.29, 1.82) is 0 Å². The largest absolute Gasteiger partial charge is 0.477 e. The summed E-state index contributed by atoms with van der Waals surface area (Å²) in [6, 6.07) is 7.77. The van der Waals surface area contributed by atoms with E-state index in [9.17, 15) is 14.7 Å². The van der Waals surface area contributed by atoms with Crippen molar-refractivity contribution in [2.75, 3.05) is 6.61 Å². The van der Waals surface area contributed by atoms with E-state index in [1.165, 1.54) is 0 Å². The van der Waals surface area contributed by atoms with Gasteiger partial charge in [-0.2, -0.15) is 0 Å². The fraction of sp³-hybridized carbons (Fsp3) is 0.500. The van der Waals surface area contributed by atoms with Crippen LogP contribution in [0.5, 0.6) is 0 Å². The van der Waals surface area contributed by atoms with Crippen LogP contribution in [-0.2, 0) is 15.3 Å². The molecule has 3 aromatic rings. The average molecular weight is 439 g/mol. The molecule has 3 heterocycles. The quantitative estimate of drug-likeness (QED) is 0.606. The Hall–Kier alpha value is -2.65. The number of hydrogen-bond acceptors (Lipinski definition) is 5. The lowest BCUT2D eigenvalue weighted by Gasteiger charge is -2.43. The molecule has 3 radical (unpaired) electrons. The van der Waals surface area contributed by atoms with Gasteiger partial charge in [-0.1, -0.05) is 18.1 Å². The lowest BCUT2D eigenvalue weighted by molar-refractivity contribution is -0.0669. The van der Waals surface area contributed by atoms with E-state index in [4.69, 9.17) is 9.26 Å². The van der Waals surface area contributed by atoms with Gasteiger partial charge in [-0.15, -0.1) is 0 Å². The van der Waals surface area contributed by atoms with Crippen molar-refractivity contribution in [3.63, 3.8) is 0 Å². The first-order valence-electron chi connectivity index (χ1n) is 10.4. The number of nitrogens with one attached hydrogen (secondary N) is 1. The molecule has 1 saturated heterocycles. The standard InChI is InChI=1S/C22H24N3O5Si/c1-12-10-22(12,18-23-19(28)30-24-18)25-15-5-4-14(8-13(15)9-16(25)17(26)27)21(31)6-7-29-20(2,3)11-21/h4-5,8-9,12H,6-7,10-11H2,1-3H3,(H,26,27)(H,23,24,28)/t12-,21-,22-/m0/s1. The van der Waals surface area contributed by atoms with Crippen LogP contribution in [-0.4, -0.2) is 48.2 Å². The lowest BCUT2D eigenvalue weighted by Crippen LogP contribution is -2.44. The van der Waals surface area contributed by atoms with E-state index in [0.29, 0.717) is 18.9 Å². The second kappa shape index (κ2) is 6.43. The molecule has 2 N–H and O–H groups in total. The number of carbonyl (C=O) groups is 1. The lowest BCUT2D eigenvalue weighted by atomic mass is 9.82. The number of nitrogens with zero attached hydrogens (tertiary/aromatic N) is 2. The van der Waals surface area contributed by atoms with E-state index in [0.717, 1.165) is 29.3 Å². The molecular formula is C22H24N3O5Si. The van der Waals surface area contributed by atoms with Gasteiger partial charge in [0.15, 0.2) is 5.82 Å². The van der Waals surface area contributed by atoms with Gasteiger partial charge in [-0.25, -0.2) is 9.59 Å². The molecule has 1 aliphatic carbocycles. The number of aromatic carboxylic acids is 1. The molecule has 2 aromatic heterocycles. The number of carboxylic acids is 1. The van der Waals surface area contributed by atoms with Gasteiger partial charge in [0, 0.05) is 27.8 Å². The Bertz CT molecular complexity index is 1260. The summed E-state index contributed by atoms with van der Waals surface area (Å²) in [5.74, 6) is -1.22. The minimum Gasteiger partial charge on any atom is -0.477 e. The maximum absolute atomic E-state index is 12.2. The zero-order chi connectivity index (χ0) is 22.2. The van der Waals surface area contributed by atoms with E-state index in [1.807, 2.05) is 19.1 Å². The predicted molar refractivity (Wildman–Crippen MR) is 114 cm³/mol. The van der Waals surface area contributed by atoms with Gasteiger partial charge in [-0.05, 0) is 67.8 Å². The summed E-state index contributed by atoms with van der Waals surface area (Å²) in [6.45, 7) is 6.82. The SMILES string of the molecule is C[C@H]1C[C@]1(c1noc(=O)[nH]1)n1c(C(=O)O)cc2cc([C@]3([Si])CCOC(C)(C)C3)ccc21. The number of carboxylic acid groups (broad SMARTS) is 1. The molecule has 2 fully saturated rings. The van der Waals surface area contributed by atoms with Crippen LogP contribution >= 0.6 is 0 Å². The molecule has 161 valence electrons. The molecule has 1 aromatic carbocycles. The predicted octanol–water partition coefficient (Wildman–Crippen LogP) is 2.75. The van der Waals surface area contributed by atoms with Crippen LogP contribution in [0.3, 0.4) is 0 Å². The Morgan fingerprint density at radius 1 is 1.35 bits per heavy atom. The Kier molecular flexibility index (Phi) is 4.20. The molecule has 8 nitrogen and oxygen atoms in total. The van der Waals surface area contributed by atoms with Gasteiger partial charge in [0.25, 0.3) is 0 Å². The summed E-state index contributed by atoms with van der Waals surface area (Å²) in [5, 5.41) is 14.5. The summed E-state index contributed by atoms with van der Waals surface area (Å²) in [4.78, 5) is 26.4. The molecule has 0 unspecified atom stereocenters. The Morgan fingerprint density at radius 2 is 2.10 bits per heavy atom. The molecule has 1 saturated carbocycles. The van der Waals surface area contributed by atoms with E-state index in [-0.39, 0.29) is 22.3 Å². The van der Waals surface area contributed by atoms with Crippen LogP contribution in [0.2, 0.25) is 0 Å². The molecule has 5 rings (SSSR count). The van der Waals surface area contributed by atoms with Crippen molar-refractivity contribution >= 4 is 27.1 Å². The van der Waals surface area contributed by atoms with E-state index >= 15 is 0 Å². The van der Waals surface area contributed by atoms with Gasteiger partial charge in [-0.3, -0.25) is 9.51 Å². The van der Waals surface area contributed by atoms with Crippen LogP contribution in [0, 0.1) is 5.92 Å². The van der Waals surface area contributed by atoms with E-state index in [2.05, 4.69) is 40.3 Å². The highest BCUT2D eigenvalue weighted by Gasteiger charge is 2.59. The second-order valence-corrected chi connectivity index (χ2v) is 10.5. The summed E-state index contributed by atoms with van der Waals surface area (Å²) in [5.41, 5.74) is 1.05. The fourth-order valence-corrected chi connectivity index (χ4v) is 5.97. The fourth-order valence-electron chi connectivity index (χ4n) is 5.29. The first-order valence-corrected chi connectivity index (χ1v) is 10.9. The van der Waals surface area contributed by atoms with Gasteiger partial charge in [0.2, 0.25) is 0 Å². The molecule has 3 atom stereocenters.